The lowest BCUT2D eigenvalue weighted by Crippen LogP contribution is -2.45. The second-order valence-electron chi connectivity index (χ2n) is 16.7. The maximum Gasteiger partial charge on any atom is 0.268 e. The first-order valence-corrected chi connectivity index (χ1v) is 24.8. The molecule has 0 fully saturated rings. The summed E-state index contributed by atoms with van der Waals surface area (Å²) in [7, 11) is 1.22. The van der Waals surface area contributed by atoms with E-state index in [-0.39, 0.29) is 12.5 Å². The van der Waals surface area contributed by atoms with Crippen molar-refractivity contribution in [3.8, 4) is 0 Å². The first-order valence-electron chi connectivity index (χ1n) is 23.3. The number of amides is 1. The average Bonchev–Trinajstić information content (AvgIpc) is 3.17. The average molecular weight is 833 g/mol. The van der Waals surface area contributed by atoms with Gasteiger partial charge in [0.05, 0.1) is 39.9 Å². The van der Waals surface area contributed by atoms with Crippen molar-refractivity contribution in [2.24, 2.45) is 0 Å². The molecule has 0 rings (SSSR count). The normalized spacial score (nSPS) is 14.9. The van der Waals surface area contributed by atoms with Crippen LogP contribution in [0.4, 0.5) is 0 Å². The van der Waals surface area contributed by atoms with Crippen LogP contribution in [0.15, 0.2) is 72.9 Å². The number of hydrogen-bond acceptors (Lipinski definition) is 6. The van der Waals surface area contributed by atoms with E-state index in [2.05, 4.69) is 79.9 Å². The molecule has 0 aromatic rings. The largest absolute Gasteiger partial charge is 0.756 e. The Hall–Kier alpha value is -2.06. The second kappa shape index (κ2) is 40.4. The fraction of sp³-hybridized carbons (Fsp3) is 0.735. The molecule has 0 bridgehead atoms. The Morgan fingerprint density at radius 1 is 0.621 bits per heavy atom. The number of unbranched alkanes of at least 4 members (excludes halogenated alkanes) is 18. The Kier molecular flexibility index (Phi) is 38.9. The van der Waals surface area contributed by atoms with Crippen molar-refractivity contribution in [3.63, 3.8) is 0 Å². The number of nitrogens with one attached hydrogen (secondary N) is 1. The lowest BCUT2D eigenvalue weighted by molar-refractivity contribution is -0.870. The van der Waals surface area contributed by atoms with Gasteiger partial charge in [-0.2, -0.15) is 0 Å². The van der Waals surface area contributed by atoms with Crippen molar-refractivity contribution in [2.75, 3.05) is 40.9 Å². The van der Waals surface area contributed by atoms with Gasteiger partial charge in [-0.15, -0.1) is 0 Å². The molecule has 0 radical (unpaired) electrons. The van der Waals surface area contributed by atoms with E-state index in [1.165, 1.54) is 83.5 Å². The molecule has 0 aliphatic carbocycles. The van der Waals surface area contributed by atoms with Crippen LogP contribution >= 0.6 is 7.82 Å². The molecular formula is C49H89N2O6P. The van der Waals surface area contributed by atoms with E-state index in [1.54, 1.807) is 6.08 Å². The van der Waals surface area contributed by atoms with Crippen molar-refractivity contribution in [1.29, 1.82) is 0 Å². The molecule has 336 valence electrons. The van der Waals surface area contributed by atoms with E-state index in [9.17, 15) is 19.4 Å². The number of phosphoric ester groups is 1. The zero-order chi connectivity index (χ0) is 42.8. The molecule has 0 spiro atoms. The number of carbonyl (C=O) groups is 1. The van der Waals surface area contributed by atoms with Crippen molar-refractivity contribution in [3.05, 3.63) is 72.9 Å². The molecule has 9 heteroatoms. The lowest BCUT2D eigenvalue weighted by atomic mass is 10.1. The number of quaternary nitrogens is 1. The van der Waals surface area contributed by atoms with Gasteiger partial charge in [0.1, 0.15) is 13.2 Å². The molecule has 58 heavy (non-hydrogen) atoms. The summed E-state index contributed by atoms with van der Waals surface area (Å²) in [4.78, 5) is 25.3. The topological polar surface area (TPSA) is 108 Å². The number of aliphatic hydroxyl groups is 1. The monoisotopic (exact) mass is 833 g/mol. The number of nitrogens with zero attached hydrogens (tertiary/aromatic N) is 1. The van der Waals surface area contributed by atoms with Crippen LogP contribution in [0.5, 0.6) is 0 Å². The van der Waals surface area contributed by atoms with Gasteiger partial charge in [-0.05, 0) is 70.6 Å². The minimum atomic E-state index is -4.61. The first kappa shape index (κ1) is 55.9. The number of aliphatic hydroxyl groups excluding tert-OH is 1. The Balaban J connectivity index is 4.48. The van der Waals surface area contributed by atoms with Crippen LogP contribution in [-0.4, -0.2) is 68.5 Å². The number of carbonyl (C=O) groups excluding carboxylic acids is 1. The van der Waals surface area contributed by atoms with Crippen LogP contribution in [-0.2, 0) is 18.4 Å². The van der Waals surface area contributed by atoms with Gasteiger partial charge >= 0.3 is 0 Å². The van der Waals surface area contributed by atoms with Gasteiger partial charge in [0, 0.05) is 6.42 Å². The molecule has 0 heterocycles. The molecule has 0 saturated carbocycles. The maximum atomic E-state index is 12.9. The van der Waals surface area contributed by atoms with Gasteiger partial charge in [-0.25, -0.2) is 0 Å². The van der Waals surface area contributed by atoms with Crippen molar-refractivity contribution in [2.45, 2.75) is 193 Å². The summed E-state index contributed by atoms with van der Waals surface area (Å²) in [6.45, 7) is 4.49. The third-order valence-electron chi connectivity index (χ3n) is 9.90. The van der Waals surface area contributed by atoms with Gasteiger partial charge < -0.3 is 28.8 Å². The molecule has 0 aliphatic rings. The maximum absolute atomic E-state index is 12.9. The molecular weight excluding hydrogens is 744 g/mol. The minimum absolute atomic E-state index is 0.0129. The van der Waals surface area contributed by atoms with Crippen LogP contribution < -0.4 is 10.2 Å². The quantitative estimate of drug-likeness (QED) is 0.0275. The predicted octanol–water partition coefficient (Wildman–Crippen LogP) is 12.6. The Bertz CT molecular complexity index is 1170. The van der Waals surface area contributed by atoms with Gasteiger partial charge in [-0.3, -0.25) is 9.36 Å². The van der Waals surface area contributed by atoms with Crippen LogP contribution in [0.25, 0.3) is 0 Å². The molecule has 0 aromatic carbocycles. The summed E-state index contributed by atoms with van der Waals surface area (Å²) in [6, 6.07) is -0.914. The van der Waals surface area contributed by atoms with Gasteiger partial charge in [-0.1, -0.05) is 177 Å². The van der Waals surface area contributed by atoms with Gasteiger partial charge in [0.25, 0.3) is 7.82 Å². The zero-order valence-electron chi connectivity index (χ0n) is 38.0. The Morgan fingerprint density at radius 2 is 1.07 bits per heavy atom. The van der Waals surface area contributed by atoms with Crippen LogP contribution in [0.1, 0.15) is 181 Å². The Morgan fingerprint density at radius 3 is 1.60 bits per heavy atom. The highest BCUT2D eigenvalue weighted by molar-refractivity contribution is 7.45. The fourth-order valence-electron chi connectivity index (χ4n) is 6.22. The fourth-order valence-corrected chi connectivity index (χ4v) is 6.94. The zero-order valence-corrected chi connectivity index (χ0v) is 38.9. The summed E-state index contributed by atoms with van der Waals surface area (Å²) < 4.78 is 23.2. The highest BCUT2D eigenvalue weighted by Gasteiger charge is 2.23. The summed E-state index contributed by atoms with van der Waals surface area (Å²) in [5, 5.41) is 13.8. The van der Waals surface area contributed by atoms with Crippen molar-refractivity contribution >= 4 is 13.7 Å². The molecule has 2 N–H and O–H groups in total. The summed E-state index contributed by atoms with van der Waals surface area (Å²) in [6.07, 6.45) is 53.8. The smallest absolute Gasteiger partial charge is 0.268 e. The number of rotatable bonds is 41. The van der Waals surface area contributed by atoms with E-state index >= 15 is 0 Å². The highest BCUT2D eigenvalue weighted by Crippen LogP contribution is 2.38. The summed E-state index contributed by atoms with van der Waals surface area (Å²) in [5.41, 5.74) is 0. The molecule has 0 saturated heterocycles. The summed E-state index contributed by atoms with van der Waals surface area (Å²) in [5.74, 6) is -0.225. The van der Waals surface area contributed by atoms with Crippen LogP contribution in [0.2, 0.25) is 0 Å². The van der Waals surface area contributed by atoms with Crippen LogP contribution in [0, 0.1) is 0 Å². The molecule has 3 unspecified atom stereocenters. The van der Waals surface area contributed by atoms with E-state index in [1.807, 2.05) is 27.2 Å². The van der Waals surface area contributed by atoms with Gasteiger partial charge in [0.2, 0.25) is 5.91 Å². The third-order valence-corrected chi connectivity index (χ3v) is 10.9. The predicted molar refractivity (Wildman–Crippen MR) is 247 cm³/mol. The number of phosphoric acid groups is 1. The van der Waals surface area contributed by atoms with E-state index in [4.69, 9.17) is 9.05 Å². The Labute approximate surface area is 357 Å². The second-order valence-corrected chi connectivity index (χ2v) is 18.1. The highest BCUT2D eigenvalue weighted by atomic mass is 31.2. The number of likely N-dealkylation sites (N-methyl/N-ethyl adjacent to an activating group) is 1. The molecule has 1 amide bonds. The van der Waals surface area contributed by atoms with Crippen molar-refractivity contribution < 1.29 is 32.9 Å². The minimum Gasteiger partial charge on any atom is -0.756 e. The lowest BCUT2D eigenvalue weighted by Gasteiger charge is -2.29. The molecule has 0 aliphatic heterocycles. The summed E-state index contributed by atoms with van der Waals surface area (Å²) >= 11 is 0. The molecule has 0 aromatic heterocycles. The number of hydrogen-bond donors (Lipinski definition) is 2. The molecule has 8 nitrogen and oxygen atoms in total. The van der Waals surface area contributed by atoms with Crippen LogP contribution in [0.3, 0.4) is 0 Å². The SMILES string of the molecule is CC/C=C\C/C=C\C/C=C\C/C=C\CCCCCCCCC(=O)NC(COP(=O)([O-])OCC[N+](C)(C)C)C(O)/C=C/CC/C=C/CCCCCCCCCCCCC. The number of allylic oxidation sites excluding steroid dienone is 11. The molecule has 3 atom stereocenters. The van der Waals surface area contributed by atoms with E-state index in [0.29, 0.717) is 17.4 Å². The van der Waals surface area contributed by atoms with Crippen molar-refractivity contribution in [1.82, 2.24) is 5.32 Å². The third kappa shape index (κ3) is 42.1. The first-order chi connectivity index (χ1) is 28.0. The van der Waals surface area contributed by atoms with Gasteiger partial charge in [0.15, 0.2) is 0 Å². The standard InChI is InChI=1S/C49H89N2O6P/c1-6-8-10-12-14-16-18-20-22-24-25-27-29-31-33-35-37-39-41-43-49(53)50-47(46-57-58(54,55)56-45-44-51(3,4)5)48(52)42-40-38-36-34-32-30-28-26-23-21-19-17-15-13-11-9-7-2/h8,10,14,16,20,22,25,27,32,34,40,42,47-48,52H,6-7,9,11-13,15,17-19,21,23-24,26,28-31,33,35-39,41,43-46H2,1-5H3,(H-,50,53,54,55)/b10-8-,16-14-,22-20-,27-25-,34-32+,42-40+. The van der Waals surface area contributed by atoms with E-state index < -0.39 is 26.6 Å². The van der Waals surface area contributed by atoms with E-state index in [0.717, 1.165) is 77.0 Å².